The summed E-state index contributed by atoms with van der Waals surface area (Å²) in [5.74, 6) is 1.41. The van der Waals surface area contributed by atoms with Crippen LogP contribution in [0.2, 0.25) is 0 Å². The molecular formula is C23H23N5O3. The number of aromatic nitrogens is 5. The van der Waals surface area contributed by atoms with Crippen LogP contribution in [0.25, 0.3) is 22.2 Å². The van der Waals surface area contributed by atoms with E-state index < -0.39 is 0 Å². The molecule has 2 aromatic carbocycles. The van der Waals surface area contributed by atoms with Crippen molar-refractivity contribution in [3.05, 3.63) is 65.3 Å². The van der Waals surface area contributed by atoms with Gasteiger partial charge >= 0.3 is 5.69 Å². The molecule has 1 aliphatic rings. The van der Waals surface area contributed by atoms with Gasteiger partial charge in [-0.05, 0) is 55.5 Å². The molecule has 1 saturated carbocycles. The van der Waals surface area contributed by atoms with Gasteiger partial charge in [0.05, 0.1) is 18.7 Å². The second kappa shape index (κ2) is 8.22. The maximum atomic E-state index is 12.4. The van der Waals surface area contributed by atoms with Gasteiger partial charge in [-0.3, -0.25) is 4.57 Å². The minimum absolute atomic E-state index is 0.219. The van der Waals surface area contributed by atoms with Crippen molar-refractivity contribution in [2.24, 2.45) is 0 Å². The molecule has 0 spiro atoms. The molecule has 0 bridgehead atoms. The lowest BCUT2D eigenvalue weighted by atomic mass is 10.1. The van der Waals surface area contributed by atoms with Crippen molar-refractivity contribution < 1.29 is 9.47 Å². The average Bonchev–Trinajstić information content (AvgIpc) is 3.45. The van der Waals surface area contributed by atoms with Gasteiger partial charge in [0.1, 0.15) is 12.2 Å². The zero-order valence-corrected chi connectivity index (χ0v) is 17.3. The lowest BCUT2D eigenvalue weighted by molar-refractivity contribution is 0.201. The zero-order valence-electron chi connectivity index (χ0n) is 17.3. The molecule has 8 nitrogen and oxygen atoms in total. The fraction of sp³-hybridized carbons (Fsp3) is 0.304. The number of rotatable bonds is 6. The van der Waals surface area contributed by atoms with Crippen LogP contribution in [-0.4, -0.2) is 37.8 Å². The Hall–Kier alpha value is -3.68. The lowest BCUT2D eigenvalue weighted by Crippen LogP contribution is -2.25. The monoisotopic (exact) mass is 417 g/mol. The third-order valence-corrected chi connectivity index (χ3v) is 5.65. The molecule has 0 radical (unpaired) electrons. The third-order valence-electron chi connectivity index (χ3n) is 5.65. The van der Waals surface area contributed by atoms with Crippen LogP contribution in [0.4, 0.5) is 0 Å². The van der Waals surface area contributed by atoms with Crippen molar-refractivity contribution in [1.29, 1.82) is 0 Å². The van der Waals surface area contributed by atoms with E-state index >= 15 is 0 Å². The molecule has 31 heavy (non-hydrogen) atoms. The van der Waals surface area contributed by atoms with Crippen LogP contribution >= 0.6 is 0 Å². The molecule has 0 saturated heterocycles. The van der Waals surface area contributed by atoms with Crippen molar-refractivity contribution in [3.8, 4) is 22.6 Å². The highest BCUT2D eigenvalue weighted by Gasteiger charge is 2.19. The van der Waals surface area contributed by atoms with Crippen LogP contribution in [0, 0.1) is 0 Å². The summed E-state index contributed by atoms with van der Waals surface area (Å²) < 4.78 is 14.9. The first-order chi connectivity index (χ1) is 15.2. The Labute approximate surface area is 179 Å². The van der Waals surface area contributed by atoms with E-state index in [1.54, 1.807) is 24.2 Å². The summed E-state index contributed by atoms with van der Waals surface area (Å²) >= 11 is 0. The second-order valence-electron chi connectivity index (χ2n) is 7.70. The largest absolute Gasteiger partial charge is 0.493 e. The first-order valence-electron chi connectivity index (χ1n) is 10.4. The summed E-state index contributed by atoms with van der Waals surface area (Å²) in [5.41, 5.74) is 3.00. The van der Waals surface area contributed by atoms with Gasteiger partial charge in [0, 0.05) is 18.0 Å². The van der Waals surface area contributed by atoms with E-state index in [4.69, 9.17) is 9.47 Å². The first-order valence-corrected chi connectivity index (χ1v) is 10.4. The molecule has 8 heteroatoms. The summed E-state index contributed by atoms with van der Waals surface area (Å²) in [4.78, 5) is 16.5. The number of fused-ring (bicyclic) bond motifs is 1. The molecule has 158 valence electrons. The van der Waals surface area contributed by atoms with Gasteiger partial charge in [-0.1, -0.05) is 23.4 Å². The summed E-state index contributed by atoms with van der Waals surface area (Å²) in [6.45, 7) is 0.224. The van der Waals surface area contributed by atoms with Gasteiger partial charge in [-0.2, -0.15) is 0 Å². The standard InChI is InChI=1S/C23H23N5O3/c1-30-21-11-10-16(12-22(21)31-18-6-2-3-7-18)17-13-24-23(29)27(14-17)15-28-20-9-5-4-8-19(20)25-26-28/h4-5,8-14,18H,2-3,6-7,15H2,1H3. The minimum Gasteiger partial charge on any atom is -0.493 e. The number of ether oxygens (including phenoxy) is 2. The molecule has 2 aromatic heterocycles. The van der Waals surface area contributed by atoms with Gasteiger partial charge < -0.3 is 9.47 Å². The molecule has 0 atom stereocenters. The average molecular weight is 417 g/mol. The first kappa shape index (κ1) is 19.3. The van der Waals surface area contributed by atoms with Gasteiger partial charge in [0.25, 0.3) is 0 Å². The van der Waals surface area contributed by atoms with Crippen LogP contribution in [-0.2, 0) is 6.67 Å². The van der Waals surface area contributed by atoms with E-state index in [0.29, 0.717) is 11.5 Å². The molecule has 1 aliphatic carbocycles. The molecule has 2 heterocycles. The van der Waals surface area contributed by atoms with Crippen LogP contribution in [0.1, 0.15) is 25.7 Å². The third kappa shape index (κ3) is 3.88. The van der Waals surface area contributed by atoms with Gasteiger partial charge in [-0.15, -0.1) is 5.10 Å². The summed E-state index contributed by atoms with van der Waals surface area (Å²) in [6, 6.07) is 13.4. The van der Waals surface area contributed by atoms with Crippen molar-refractivity contribution in [3.63, 3.8) is 0 Å². The predicted molar refractivity (Wildman–Crippen MR) is 116 cm³/mol. The minimum atomic E-state index is -0.348. The number of para-hydroxylation sites is 1. The lowest BCUT2D eigenvalue weighted by Gasteiger charge is -2.17. The fourth-order valence-electron chi connectivity index (χ4n) is 4.01. The number of methoxy groups -OCH3 is 1. The van der Waals surface area contributed by atoms with Crippen molar-refractivity contribution in [2.45, 2.75) is 38.5 Å². The SMILES string of the molecule is COc1ccc(-c2cnc(=O)n(Cn3nnc4ccccc43)c2)cc1OC1CCCC1. The predicted octanol–water partition coefficient (Wildman–Crippen LogP) is 3.49. The number of nitrogens with zero attached hydrogens (tertiary/aromatic N) is 5. The van der Waals surface area contributed by atoms with Gasteiger partial charge in [0.15, 0.2) is 11.5 Å². The van der Waals surface area contributed by atoms with E-state index in [9.17, 15) is 4.79 Å². The smallest absolute Gasteiger partial charge is 0.349 e. The van der Waals surface area contributed by atoms with E-state index in [0.717, 1.165) is 35.0 Å². The Balaban J connectivity index is 1.47. The highest BCUT2D eigenvalue weighted by atomic mass is 16.5. The normalized spacial score (nSPS) is 14.2. The number of hydrogen-bond donors (Lipinski definition) is 0. The fourth-order valence-corrected chi connectivity index (χ4v) is 4.01. The Morgan fingerprint density at radius 1 is 1.06 bits per heavy atom. The van der Waals surface area contributed by atoms with Crippen molar-refractivity contribution in [2.75, 3.05) is 7.11 Å². The Bertz CT molecular complexity index is 1270. The van der Waals surface area contributed by atoms with Crippen molar-refractivity contribution in [1.82, 2.24) is 24.5 Å². The van der Waals surface area contributed by atoms with Gasteiger partial charge in [0.2, 0.25) is 0 Å². The summed E-state index contributed by atoms with van der Waals surface area (Å²) in [6.07, 6.45) is 8.10. The van der Waals surface area contributed by atoms with Crippen LogP contribution in [0.3, 0.4) is 0 Å². The highest BCUT2D eigenvalue weighted by molar-refractivity contribution is 5.73. The Morgan fingerprint density at radius 3 is 2.74 bits per heavy atom. The Kier molecular flexibility index (Phi) is 5.11. The number of hydrogen-bond acceptors (Lipinski definition) is 6. The van der Waals surface area contributed by atoms with E-state index in [1.165, 1.54) is 17.4 Å². The molecule has 0 unspecified atom stereocenters. The molecule has 5 rings (SSSR count). The highest BCUT2D eigenvalue weighted by Crippen LogP contribution is 2.35. The van der Waals surface area contributed by atoms with E-state index in [1.807, 2.05) is 42.5 Å². The van der Waals surface area contributed by atoms with Gasteiger partial charge in [-0.25, -0.2) is 14.5 Å². The molecule has 0 aliphatic heterocycles. The maximum absolute atomic E-state index is 12.4. The Morgan fingerprint density at radius 2 is 1.90 bits per heavy atom. The maximum Gasteiger partial charge on any atom is 0.349 e. The second-order valence-corrected chi connectivity index (χ2v) is 7.70. The van der Waals surface area contributed by atoms with Crippen LogP contribution < -0.4 is 15.2 Å². The quantitative estimate of drug-likeness (QED) is 0.478. The molecule has 4 aromatic rings. The van der Waals surface area contributed by atoms with E-state index in [-0.39, 0.29) is 18.5 Å². The number of benzene rings is 2. The molecular weight excluding hydrogens is 394 g/mol. The van der Waals surface area contributed by atoms with Crippen LogP contribution in [0.5, 0.6) is 11.5 Å². The zero-order chi connectivity index (χ0) is 21.2. The molecule has 0 amide bonds. The molecule has 0 N–H and O–H groups in total. The topological polar surface area (TPSA) is 84.1 Å². The molecule has 1 fully saturated rings. The van der Waals surface area contributed by atoms with Crippen molar-refractivity contribution >= 4 is 11.0 Å². The van der Waals surface area contributed by atoms with Crippen LogP contribution in [0.15, 0.2) is 59.7 Å². The summed E-state index contributed by atoms with van der Waals surface area (Å²) in [5, 5.41) is 8.32. The van der Waals surface area contributed by atoms with E-state index in [2.05, 4.69) is 15.3 Å². The summed E-state index contributed by atoms with van der Waals surface area (Å²) in [7, 11) is 1.64.